The van der Waals surface area contributed by atoms with Gasteiger partial charge >= 0.3 is 0 Å². The number of pyridine rings is 1. The number of rotatable bonds is 5. The van der Waals surface area contributed by atoms with Crippen molar-refractivity contribution in [3.05, 3.63) is 72.2 Å². The fourth-order valence-corrected chi connectivity index (χ4v) is 3.01. The molecule has 0 bridgehead atoms. The highest BCUT2D eigenvalue weighted by Crippen LogP contribution is 2.28. The van der Waals surface area contributed by atoms with Crippen LogP contribution in [0.25, 0.3) is 21.9 Å². The van der Waals surface area contributed by atoms with Crippen molar-refractivity contribution in [2.75, 3.05) is 6.61 Å². The smallest absolute Gasteiger partial charge is 0.0995 e. The van der Waals surface area contributed by atoms with Gasteiger partial charge in [0.1, 0.15) is 0 Å². The van der Waals surface area contributed by atoms with Crippen molar-refractivity contribution < 1.29 is 4.74 Å². The summed E-state index contributed by atoms with van der Waals surface area (Å²) in [7, 11) is 0. The summed E-state index contributed by atoms with van der Waals surface area (Å²) in [5, 5.41) is 1.08. The van der Waals surface area contributed by atoms with E-state index in [1.54, 1.807) is 6.33 Å². The summed E-state index contributed by atoms with van der Waals surface area (Å²) >= 11 is 0. The quantitative estimate of drug-likeness (QED) is 0.592. The Morgan fingerprint density at radius 3 is 2.71 bits per heavy atom. The van der Waals surface area contributed by atoms with E-state index in [1.807, 2.05) is 36.4 Å². The van der Waals surface area contributed by atoms with Crippen LogP contribution in [0.4, 0.5) is 0 Å². The molecule has 0 aliphatic heterocycles. The number of para-hydroxylation sites is 1. The third-order valence-corrected chi connectivity index (χ3v) is 4.24. The van der Waals surface area contributed by atoms with E-state index in [1.165, 1.54) is 5.56 Å². The van der Waals surface area contributed by atoms with Gasteiger partial charge in [0, 0.05) is 11.3 Å². The minimum atomic E-state index is 0.182. The molecular formula is C20H19N3O. The lowest BCUT2D eigenvalue weighted by Crippen LogP contribution is -2.07. The van der Waals surface area contributed by atoms with Gasteiger partial charge < -0.3 is 9.72 Å². The molecule has 1 unspecified atom stereocenters. The third-order valence-electron chi connectivity index (χ3n) is 4.24. The van der Waals surface area contributed by atoms with Gasteiger partial charge in [-0.1, -0.05) is 55.5 Å². The van der Waals surface area contributed by atoms with Gasteiger partial charge in [-0.3, -0.25) is 4.98 Å². The van der Waals surface area contributed by atoms with Gasteiger partial charge in [0.15, 0.2) is 0 Å². The van der Waals surface area contributed by atoms with Crippen molar-refractivity contribution in [3.63, 3.8) is 0 Å². The van der Waals surface area contributed by atoms with Gasteiger partial charge in [-0.05, 0) is 11.6 Å². The SMILES string of the molecule is CC(COCc1ccccc1)c1nc2ccccc2c2nc[nH]c12. The summed E-state index contributed by atoms with van der Waals surface area (Å²) in [5.41, 5.74) is 5.15. The molecular weight excluding hydrogens is 298 g/mol. The Balaban J connectivity index is 1.59. The molecule has 4 nitrogen and oxygen atoms in total. The molecule has 4 heteroatoms. The topological polar surface area (TPSA) is 50.8 Å². The zero-order chi connectivity index (χ0) is 16.4. The van der Waals surface area contributed by atoms with Crippen LogP contribution in [0.15, 0.2) is 60.9 Å². The number of hydrogen-bond acceptors (Lipinski definition) is 3. The van der Waals surface area contributed by atoms with Crippen LogP contribution in [0.3, 0.4) is 0 Å². The molecule has 0 amide bonds. The van der Waals surface area contributed by atoms with Crippen LogP contribution in [0.2, 0.25) is 0 Å². The maximum absolute atomic E-state index is 5.90. The molecule has 0 aliphatic carbocycles. The zero-order valence-electron chi connectivity index (χ0n) is 13.6. The Morgan fingerprint density at radius 1 is 1.04 bits per heavy atom. The number of H-pyrrole nitrogens is 1. The third kappa shape index (κ3) is 2.76. The minimum absolute atomic E-state index is 0.182. The van der Waals surface area contributed by atoms with Crippen LogP contribution >= 0.6 is 0 Å². The Morgan fingerprint density at radius 2 is 1.83 bits per heavy atom. The largest absolute Gasteiger partial charge is 0.376 e. The second-order valence-electron chi connectivity index (χ2n) is 6.04. The molecule has 1 N–H and O–H groups in total. The molecule has 0 radical (unpaired) electrons. The molecule has 0 saturated heterocycles. The fraction of sp³-hybridized carbons (Fsp3) is 0.200. The van der Waals surface area contributed by atoms with E-state index in [4.69, 9.17) is 9.72 Å². The number of aromatic amines is 1. The maximum atomic E-state index is 5.90. The molecule has 1 atom stereocenters. The van der Waals surface area contributed by atoms with Crippen LogP contribution < -0.4 is 0 Å². The van der Waals surface area contributed by atoms with Gasteiger partial charge in [-0.2, -0.15) is 0 Å². The Bertz CT molecular complexity index is 962. The molecule has 0 fully saturated rings. The summed E-state index contributed by atoms with van der Waals surface area (Å²) in [6, 6.07) is 18.3. The Labute approximate surface area is 140 Å². The predicted molar refractivity (Wildman–Crippen MR) is 95.9 cm³/mol. The minimum Gasteiger partial charge on any atom is -0.376 e. The normalized spacial score (nSPS) is 12.7. The molecule has 2 heterocycles. The standard InChI is InChI=1S/C20H19N3O/c1-14(11-24-12-15-7-3-2-4-8-15)18-20-19(21-13-22-20)16-9-5-6-10-17(16)23-18/h2-10,13-14H,11-12H2,1H3,(H,21,22). The first-order chi connectivity index (χ1) is 11.8. The molecule has 4 rings (SSSR count). The number of benzene rings is 2. The zero-order valence-corrected chi connectivity index (χ0v) is 13.6. The number of nitrogens with zero attached hydrogens (tertiary/aromatic N) is 2. The number of nitrogens with one attached hydrogen (secondary N) is 1. The highest BCUT2D eigenvalue weighted by molar-refractivity contribution is 6.02. The van der Waals surface area contributed by atoms with Crippen molar-refractivity contribution in [2.45, 2.75) is 19.4 Å². The second kappa shape index (κ2) is 6.42. The highest BCUT2D eigenvalue weighted by Gasteiger charge is 2.16. The van der Waals surface area contributed by atoms with Gasteiger partial charge in [-0.25, -0.2) is 4.98 Å². The van der Waals surface area contributed by atoms with Crippen molar-refractivity contribution >= 4 is 21.9 Å². The van der Waals surface area contributed by atoms with Crippen molar-refractivity contribution in [3.8, 4) is 0 Å². The summed E-state index contributed by atoms with van der Waals surface area (Å²) in [4.78, 5) is 12.6. The lowest BCUT2D eigenvalue weighted by atomic mass is 10.0. The van der Waals surface area contributed by atoms with E-state index < -0.39 is 0 Å². The predicted octanol–water partition coefficient (Wildman–Crippen LogP) is 4.43. The molecule has 0 spiro atoms. The maximum Gasteiger partial charge on any atom is 0.0995 e. The van der Waals surface area contributed by atoms with E-state index in [0.717, 1.165) is 27.6 Å². The second-order valence-corrected chi connectivity index (χ2v) is 6.04. The van der Waals surface area contributed by atoms with Gasteiger partial charge in [0.2, 0.25) is 0 Å². The molecule has 2 aromatic carbocycles. The number of imidazole rings is 1. The summed E-state index contributed by atoms with van der Waals surface area (Å²) in [6.07, 6.45) is 1.74. The van der Waals surface area contributed by atoms with Crippen LogP contribution in [0.1, 0.15) is 24.1 Å². The van der Waals surface area contributed by atoms with E-state index >= 15 is 0 Å². The summed E-state index contributed by atoms with van der Waals surface area (Å²) in [6.45, 7) is 3.38. The first kappa shape index (κ1) is 14.8. The molecule has 24 heavy (non-hydrogen) atoms. The molecule has 2 aromatic heterocycles. The van der Waals surface area contributed by atoms with Gasteiger partial charge in [0.25, 0.3) is 0 Å². The van der Waals surface area contributed by atoms with Crippen LogP contribution in [0, 0.1) is 0 Å². The van der Waals surface area contributed by atoms with Gasteiger partial charge in [0.05, 0.1) is 41.8 Å². The lowest BCUT2D eigenvalue weighted by Gasteiger charge is -2.14. The van der Waals surface area contributed by atoms with E-state index in [0.29, 0.717) is 13.2 Å². The summed E-state index contributed by atoms with van der Waals surface area (Å²) in [5.74, 6) is 0.182. The molecule has 120 valence electrons. The van der Waals surface area contributed by atoms with Crippen LogP contribution in [-0.4, -0.2) is 21.6 Å². The van der Waals surface area contributed by atoms with Gasteiger partial charge in [-0.15, -0.1) is 0 Å². The van der Waals surface area contributed by atoms with Crippen molar-refractivity contribution in [1.29, 1.82) is 0 Å². The van der Waals surface area contributed by atoms with E-state index in [9.17, 15) is 0 Å². The number of fused-ring (bicyclic) bond motifs is 3. The number of hydrogen-bond donors (Lipinski definition) is 1. The molecule has 4 aromatic rings. The lowest BCUT2D eigenvalue weighted by molar-refractivity contribution is 0.110. The first-order valence-corrected chi connectivity index (χ1v) is 8.16. The monoisotopic (exact) mass is 317 g/mol. The Kier molecular flexibility index (Phi) is 3.97. The Hall–Kier alpha value is -2.72. The number of aromatic nitrogens is 3. The first-order valence-electron chi connectivity index (χ1n) is 8.16. The average molecular weight is 317 g/mol. The van der Waals surface area contributed by atoms with E-state index in [-0.39, 0.29) is 5.92 Å². The van der Waals surface area contributed by atoms with Crippen molar-refractivity contribution in [2.24, 2.45) is 0 Å². The van der Waals surface area contributed by atoms with Crippen molar-refractivity contribution in [1.82, 2.24) is 15.0 Å². The highest BCUT2D eigenvalue weighted by atomic mass is 16.5. The summed E-state index contributed by atoms with van der Waals surface area (Å²) < 4.78 is 5.90. The van der Waals surface area contributed by atoms with E-state index in [2.05, 4.69) is 35.1 Å². The molecule has 0 saturated carbocycles. The van der Waals surface area contributed by atoms with Crippen LogP contribution in [0.5, 0.6) is 0 Å². The fourth-order valence-electron chi connectivity index (χ4n) is 3.01. The van der Waals surface area contributed by atoms with Crippen LogP contribution in [-0.2, 0) is 11.3 Å². The average Bonchev–Trinajstić information content (AvgIpc) is 3.12. The number of ether oxygens (including phenoxy) is 1. The molecule has 0 aliphatic rings.